The molecule has 0 unspecified atom stereocenters. The van der Waals surface area contributed by atoms with Gasteiger partial charge in [-0.15, -0.1) is 0 Å². The second-order valence-electron chi connectivity index (χ2n) is 5.29. The van der Waals surface area contributed by atoms with E-state index in [1.54, 1.807) is 0 Å². The first-order valence-electron chi connectivity index (χ1n) is 6.91. The van der Waals surface area contributed by atoms with E-state index in [1.807, 2.05) is 7.05 Å². The Labute approximate surface area is 108 Å². The van der Waals surface area contributed by atoms with Gasteiger partial charge in [0.2, 0.25) is 0 Å². The molecule has 1 saturated carbocycles. The molecule has 1 aromatic carbocycles. The molecule has 0 saturated heterocycles. The number of benzene rings is 1. The minimum Gasteiger partial charge on any atom is -0.325 e. The van der Waals surface area contributed by atoms with Gasteiger partial charge in [0.25, 0.3) is 0 Å². The smallest absolute Gasteiger partial charge is 0.106 e. The van der Waals surface area contributed by atoms with Crippen LogP contribution in [0.5, 0.6) is 0 Å². The van der Waals surface area contributed by atoms with Crippen molar-refractivity contribution in [2.75, 3.05) is 13.6 Å². The molecule has 1 N–H and O–H groups in total. The summed E-state index contributed by atoms with van der Waals surface area (Å²) >= 11 is 0. The molecule has 1 aromatic heterocycles. The monoisotopic (exact) mass is 243 g/mol. The highest BCUT2D eigenvalue weighted by Crippen LogP contribution is 2.38. The molecule has 96 valence electrons. The van der Waals surface area contributed by atoms with Crippen molar-refractivity contribution in [2.24, 2.45) is 0 Å². The molecule has 3 rings (SSSR count). The molecule has 0 spiro atoms. The highest BCUT2D eigenvalue weighted by Gasteiger charge is 2.26. The predicted octanol–water partition coefficient (Wildman–Crippen LogP) is 2.83. The molecule has 1 aliphatic rings. The van der Waals surface area contributed by atoms with Crippen LogP contribution >= 0.6 is 0 Å². The van der Waals surface area contributed by atoms with Crippen LogP contribution < -0.4 is 5.32 Å². The Morgan fingerprint density at radius 1 is 1.39 bits per heavy atom. The summed E-state index contributed by atoms with van der Waals surface area (Å²) in [6, 6.07) is 7.49. The van der Waals surface area contributed by atoms with Crippen molar-refractivity contribution in [3.05, 3.63) is 29.6 Å². The maximum absolute atomic E-state index is 4.71. The summed E-state index contributed by atoms with van der Waals surface area (Å²) in [6.45, 7) is 3.20. The van der Waals surface area contributed by atoms with E-state index in [2.05, 4.69) is 35.0 Å². The second kappa shape index (κ2) is 4.73. The normalized spacial score (nSPS) is 15.4. The lowest BCUT2D eigenvalue weighted by Gasteiger charge is -2.05. The van der Waals surface area contributed by atoms with E-state index in [1.165, 1.54) is 41.7 Å². The Bertz CT molecular complexity index is 552. The van der Waals surface area contributed by atoms with Crippen molar-refractivity contribution < 1.29 is 0 Å². The maximum atomic E-state index is 4.71. The molecule has 18 heavy (non-hydrogen) atoms. The van der Waals surface area contributed by atoms with Crippen LogP contribution in [0.25, 0.3) is 11.0 Å². The van der Waals surface area contributed by atoms with Crippen LogP contribution in [0.4, 0.5) is 0 Å². The highest BCUT2D eigenvalue weighted by atomic mass is 15.1. The van der Waals surface area contributed by atoms with Gasteiger partial charge in [0, 0.05) is 6.04 Å². The molecule has 3 nitrogen and oxygen atoms in total. The number of fused-ring (bicyclic) bond motifs is 1. The van der Waals surface area contributed by atoms with Crippen molar-refractivity contribution in [1.29, 1.82) is 0 Å². The van der Waals surface area contributed by atoms with E-state index in [0.717, 1.165) is 13.0 Å². The van der Waals surface area contributed by atoms with Gasteiger partial charge in [-0.3, -0.25) is 0 Å². The van der Waals surface area contributed by atoms with Crippen LogP contribution in [-0.4, -0.2) is 23.1 Å². The Morgan fingerprint density at radius 3 is 2.94 bits per heavy atom. The molecule has 2 aromatic rings. The molecule has 1 fully saturated rings. The molecule has 0 bridgehead atoms. The second-order valence-corrected chi connectivity index (χ2v) is 5.29. The van der Waals surface area contributed by atoms with E-state index in [-0.39, 0.29) is 0 Å². The summed E-state index contributed by atoms with van der Waals surface area (Å²) in [5, 5.41) is 3.19. The van der Waals surface area contributed by atoms with Crippen LogP contribution in [0.3, 0.4) is 0 Å². The first-order valence-corrected chi connectivity index (χ1v) is 6.91. The zero-order valence-electron chi connectivity index (χ0n) is 11.2. The van der Waals surface area contributed by atoms with Gasteiger partial charge in [-0.05, 0) is 63.9 Å². The van der Waals surface area contributed by atoms with Gasteiger partial charge >= 0.3 is 0 Å². The third-order valence-electron chi connectivity index (χ3n) is 3.73. The molecule has 1 heterocycles. The molecular weight excluding hydrogens is 222 g/mol. The average molecular weight is 243 g/mol. The predicted molar refractivity (Wildman–Crippen MR) is 75.0 cm³/mol. The minimum atomic E-state index is 0.713. The van der Waals surface area contributed by atoms with E-state index in [4.69, 9.17) is 4.98 Å². The number of hydrogen-bond acceptors (Lipinski definition) is 2. The molecule has 0 aliphatic heterocycles. The first kappa shape index (κ1) is 11.7. The summed E-state index contributed by atoms with van der Waals surface area (Å²) in [6.07, 6.45) is 4.95. The van der Waals surface area contributed by atoms with E-state index >= 15 is 0 Å². The molecule has 1 aliphatic carbocycles. The third kappa shape index (κ3) is 2.15. The van der Waals surface area contributed by atoms with Gasteiger partial charge in [-0.2, -0.15) is 0 Å². The number of nitrogens with one attached hydrogen (secondary N) is 1. The third-order valence-corrected chi connectivity index (χ3v) is 3.73. The van der Waals surface area contributed by atoms with E-state index < -0.39 is 0 Å². The maximum Gasteiger partial charge on any atom is 0.106 e. The summed E-state index contributed by atoms with van der Waals surface area (Å²) < 4.78 is 2.41. The Balaban J connectivity index is 1.88. The quantitative estimate of drug-likeness (QED) is 0.818. The lowest BCUT2D eigenvalue weighted by molar-refractivity contribution is 0.724. The fourth-order valence-corrected chi connectivity index (χ4v) is 2.68. The van der Waals surface area contributed by atoms with Gasteiger partial charge < -0.3 is 9.88 Å². The van der Waals surface area contributed by atoms with Crippen LogP contribution in [-0.2, 0) is 6.42 Å². The summed E-state index contributed by atoms with van der Waals surface area (Å²) in [5.74, 6) is 1.17. The van der Waals surface area contributed by atoms with Crippen molar-refractivity contribution in [3.63, 3.8) is 0 Å². The highest BCUT2D eigenvalue weighted by molar-refractivity contribution is 5.77. The SMILES string of the molecule is CNCCCc1ccc2c(c1)nc(C)n2C1CC1. The number of imidazole rings is 1. The Kier molecular flexibility index (Phi) is 3.08. The molecule has 3 heteroatoms. The lowest BCUT2D eigenvalue weighted by Crippen LogP contribution is -2.08. The topological polar surface area (TPSA) is 29.9 Å². The number of aryl methyl sites for hydroxylation is 2. The Morgan fingerprint density at radius 2 is 2.22 bits per heavy atom. The Hall–Kier alpha value is -1.35. The van der Waals surface area contributed by atoms with Gasteiger partial charge in [-0.1, -0.05) is 6.07 Å². The lowest BCUT2D eigenvalue weighted by atomic mass is 10.1. The zero-order valence-corrected chi connectivity index (χ0v) is 11.2. The number of nitrogens with zero attached hydrogens (tertiary/aromatic N) is 2. The van der Waals surface area contributed by atoms with Crippen molar-refractivity contribution in [1.82, 2.24) is 14.9 Å². The van der Waals surface area contributed by atoms with Gasteiger partial charge in [0.05, 0.1) is 11.0 Å². The van der Waals surface area contributed by atoms with Crippen LogP contribution in [0.1, 0.15) is 36.7 Å². The standard InChI is InChI=1S/C15H21N3/c1-11-17-14-10-12(4-3-9-16-2)5-8-15(14)18(11)13-6-7-13/h5,8,10,13,16H,3-4,6-7,9H2,1-2H3. The van der Waals surface area contributed by atoms with Crippen molar-refractivity contribution >= 4 is 11.0 Å². The minimum absolute atomic E-state index is 0.713. The van der Waals surface area contributed by atoms with Gasteiger partial charge in [0.1, 0.15) is 5.82 Å². The molecule has 0 atom stereocenters. The summed E-state index contributed by atoms with van der Waals surface area (Å²) in [5.41, 5.74) is 3.88. The van der Waals surface area contributed by atoms with E-state index in [0.29, 0.717) is 6.04 Å². The van der Waals surface area contributed by atoms with Crippen LogP contribution in [0.2, 0.25) is 0 Å². The average Bonchev–Trinajstić information content (AvgIpc) is 3.12. The van der Waals surface area contributed by atoms with Crippen molar-refractivity contribution in [2.45, 2.75) is 38.6 Å². The molecular formula is C15H21N3. The number of hydrogen-bond donors (Lipinski definition) is 1. The molecule has 0 radical (unpaired) electrons. The van der Waals surface area contributed by atoms with Crippen molar-refractivity contribution in [3.8, 4) is 0 Å². The van der Waals surface area contributed by atoms with Gasteiger partial charge in [-0.25, -0.2) is 4.98 Å². The fraction of sp³-hybridized carbons (Fsp3) is 0.533. The van der Waals surface area contributed by atoms with E-state index in [9.17, 15) is 0 Å². The zero-order chi connectivity index (χ0) is 12.5. The summed E-state index contributed by atoms with van der Waals surface area (Å²) in [4.78, 5) is 4.71. The van der Waals surface area contributed by atoms with Crippen LogP contribution in [0, 0.1) is 6.92 Å². The largest absolute Gasteiger partial charge is 0.325 e. The molecule has 0 amide bonds. The number of aromatic nitrogens is 2. The fourth-order valence-electron chi connectivity index (χ4n) is 2.68. The number of rotatable bonds is 5. The summed E-state index contributed by atoms with van der Waals surface area (Å²) in [7, 11) is 2.00. The van der Waals surface area contributed by atoms with Crippen LogP contribution in [0.15, 0.2) is 18.2 Å². The van der Waals surface area contributed by atoms with Gasteiger partial charge in [0.15, 0.2) is 0 Å². The first-order chi connectivity index (χ1) is 8.79.